The van der Waals surface area contributed by atoms with Crippen molar-refractivity contribution in [3.63, 3.8) is 0 Å². The molecule has 12 aromatic rings. The molecule has 270 valence electrons. The molecule has 0 aliphatic rings. The average Bonchev–Trinajstić information content (AvgIpc) is 3.68. The van der Waals surface area contributed by atoms with Gasteiger partial charge in [-0.2, -0.15) is 0 Å². The molecule has 0 atom stereocenters. The minimum atomic E-state index is 0.881. The average molecular weight is 738 g/mol. The maximum absolute atomic E-state index is 6.58. The third-order valence-corrected chi connectivity index (χ3v) is 12.0. The van der Waals surface area contributed by atoms with Gasteiger partial charge in [0.2, 0.25) is 0 Å². The Morgan fingerprint density at radius 2 is 0.914 bits per heavy atom. The zero-order valence-electron chi connectivity index (χ0n) is 31.6. The molecule has 0 bridgehead atoms. The Morgan fingerprint density at radius 3 is 1.76 bits per heavy atom. The van der Waals surface area contributed by atoms with Crippen molar-refractivity contribution < 1.29 is 4.42 Å². The van der Waals surface area contributed by atoms with Crippen LogP contribution in [0.1, 0.15) is 0 Å². The lowest BCUT2D eigenvalue weighted by Crippen LogP contribution is -2.10. The Balaban J connectivity index is 1.06. The molecule has 1 heterocycles. The number of fused-ring (bicyclic) bond motifs is 10. The van der Waals surface area contributed by atoms with Crippen molar-refractivity contribution >= 4 is 92.9 Å². The van der Waals surface area contributed by atoms with Crippen LogP contribution in [0.5, 0.6) is 0 Å². The summed E-state index contributed by atoms with van der Waals surface area (Å²) in [6.45, 7) is 0. The molecular weight excluding hydrogens is 703 g/mol. The first-order valence-corrected chi connectivity index (χ1v) is 19.9. The van der Waals surface area contributed by atoms with E-state index in [1.54, 1.807) is 0 Å². The fraction of sp³-hybridized carbons (Fsp3) is 0. The number of rotatable bonds is 5. The lowest BCUT2D eigenvalue weighted by atomic mass is 9.92. The molecular formula is C56H35NO. The van der Waals surface area contributed by atoms with Gasteiger partial charge in [-0.05, 0) is 120 Å². The van der Waals surface area contributed by atoms with E-state index in [4.69, 9.17) is 4.42 Å². The van der Waals surface area contributed by atoms with Gasteiger partial charge in [0.05, 0.1) is 5.69 Å². The van der Waals surface area contributed by atoms with Crippen LogP contribution in [0.15, 0.2) is 217 Å². The standard InChI is InChI=1S/C56H35NO/c1-2-12-36(13-3-1)45-29-30-54(50-21-11-10-19-48(45)50)57(43-27-31-55-53(35-43)51-28-25-37-14-4-7-17-46(37)56(51)58-55)42-26-24-38-32-41(23-22-39(38)33-42)52-34-40-15-5-6-16-44(40)47-18-8-9-20-49(47)52/h1-35H. The molecule has 2 nitrogen and oxygen atoms in total. The summed E-state index contributed by atoms with van der Waals surface area (Å²) >= 11 is 0. The molecule has 0 fully saturated rings. The number of hydrogen-bond acceptors (Lipinski definition) is 2. The van der Waals surface area contributed by atoms with E-state index in [9.17, 15) is 0 Å². The van der Waals surface area contributed by atoms with E-state index in [1.807, 2.05) is 0 Å². The summed E-state index contributed by atoms with van der Waals surface area (Å²) in [4.78, 5) is 2.42. The van der Waals surface area contributed by atoms with Crippen molar-refractivity contribution in [2.45, 2.75) is 0 Å². The normalized spacial score (nSPS) is 11.8. The molecule has 0 unspecified atom stereocenters. The molecule has 12 rings (SSSR count). The minimum Gasteiger partial charge on any atom is -0.455 e. The van der Waals surface area contributed by atoms with Crippen molar-refractivity contribution in [1.29, 1.82) is 0 Å². The van der Waals surface area contributed by atoms with Crippen LogP contribution in [0.3, 0.4) is 0 Å². The van der Waals surface area contributed by atoms with Gasteiger partial charge in [-0.1, -0.05) is 158 Å². The van der Waals surface area contributed by atoms with E-state index in [0.29, 0.717) is 0 Å². The molecule has 0 saturated heterocycles. The lowest BCUT2D eigenvalue weighted by Gasteiger charge is -2.28. The summed E-state index contributed by atoms with van der Waals surface area (Å²) in [5, 5.41) is 14.4. The lowest BCUT2D eigenvalue weighted by molar-refractivity contribution is 0.672. The maximum atomic E-state index is 6.58. The van der Waals surface area contributed by atoms with Gasteiger partial charge in [0.1, 0.15) is 11.2 Å². The zero-order chi connectivity index (χ0) is 38.2. The third kappa shape index (κ3) is 5.12. The van der Waals surface area contributed by atoms with E-state index in [0.717, 1.165) is 44.4 Å². The van der Waals surface area contributed by atoms with Crippen molar-refractivity contribution in [2.24, 2.45) is 0 Å². The highest BCUT2D eigenvalue weighted by molar-refractivity contribution is 6.17. The molecule has 0 saturated carbocycles. The van der Waals surface area contributed by atoms with Crippen molar-refractivity contribution in [3.8, 4) is 22.3 Å². The van der Waals surface area contributed by atoms with Crippen molar-refractivity contribution in [2.75, 3.05) is 4.90 Å². The van der Waals surface area contributed by atoms with Crippen LogP contribution in [0.4, 0.5) is 17.1 Å². The first-order valence-electron chi connectivity index (χ1n) is 19.9. The zero-order valence-corrected chi connectivity index (χ0v) is 31.6. The number of nitrogens with zero attached hydrogens (tertiary/aromatic N) is 1. The summed E-state index contributed by atoms with van der Waals surface area (Å²) in [6, 6.07) is 77.1. The molecule has 0 aliphatic carbocycles. The SMILES string of the molecule is c1ccc(-c2ccc(N(c3ccc4cc(-c5cc6ccccc6c6ccccc56)ccc4c3)c3ccc4oc5c6ccccc6ccc5c4c3)c3ccccc23)cc1. The third-order valence-electron chi connectivity index (χ3n) is 12.0. The Bertz CT molecular complexity index is 3580. The Labute approximate surface area is 335 Å². The van der Waals surface area contributed by atoms with Crippen LogP contribution < -0.4 is 4.90 Å². The van der Waals surface area contributed by atoms with Gasteiger partial charge < -0.3 is 9.32 Å². The number of hydrogen-bond donors (Lipinski definition) is 0. The van der Waals surface area contributed by atoms with E-state index >= 15 is 0 Å². The minimum absolute atomic E-state index is 0.881. The van der Waals surface area contributed by atoms with Gasteiger partial charge >= 0.3 is 0 Å². The molecule has 0 radical (unpaired) electrons. The van der Waals surface area contributed by atoms with Gasteiger partial charge in [-0.3, -0.25) is 0 Å². The molecule has 0 aliphatic heterocycles. The van der Waals surface area contributed by atoms with Crippen LogP contribution in [-0.2, 0) is 0 Å². The van der Waals surface area contributed by atoms with Crippen molar-refractivity contribution in [1.82, 2.24) is 0 Å². The van der Waals surface area contributed by atoms with E-state index in [1.165, 1.54) is 70.7 Å². The van der Waals surface area contributed by atoms with Gasteiger partial charge in [0, 0.05) is 32.9 Å². The van der Waals surface area contributed by atoms with Gasteiger partial charge in [0.25, 0.3) is 0 Å². The maximum Gasteiger partial charge on any atom is 0.143 e. The second-order valence-corrected chi connectivity index (χ2v) is 15.3. The van der Waals surface area contributed by atoms with Gasteiger partial charge in [0.15, 0.2) is 0 Å². The summed E-state index contributed by atoms with van der Waals surface area (Å²) in [5.41, 5.74) is 9.97. The topological polar surface area (TPSA) is 16.4 Å². The predicted molar refractivity (Wildman–Crippen MR) is 247 cm³/mol. The molecule has 0 spiro atoms. The molecule has 11 aromatic carbocycles. The van der Waals surface area contributed by atoms with Crippen LogP contribution in [0, 0.1) is 0 Å². The van der Waals surface area contributed by atoms with E-state index in [-0.39, 0.29) is 0 Å². The molecule has 0 N–H and O–H groups in total. The predicted octanol–water partition coefficient (Wildman–Crippen LogP) is 16.2. The Hall–Kier alpha value is -7.68. The first kappa shape index (κ1) is 32.6. The van der Waals surface area contributed by atoms with E-state index in [2.05, 4.69) is 217 Å². The number of furan rings is 1. The number of benzene rings is 11. The van der Waals surface area contributed by atoms with Crippen LogP contribution in [-0.4, -0.2) is 0 Å². The summed E-state index contributed by atoms with van der Waals surface area (Å²) in [6.07, 6.45) is 0. The summed E-state index contributed by atoms with van der Waals surface area (Å²) in [5.74, 6) is 0. The van der Waals surface area contributed by atoms with Gasteiger partial charge in [-0.25, -0.2) is 0 Å². The summed E-state index contributed by atoms with van der Waals surface area (Å²) in [7, 11) is 0. The largest absolute Gasteiger partial charge is 0.455 e. The van der Waals surface area contributed by atoms with Crippen LogP contribution in [0.2, 0.25) is 0 Å². The molecule has 2 heteroatoms. The highest BCUT2D eigenvalue weighted by Gasteiger charge is 2.20. The molecule has 0 amide bonds. The van der Waals surface area contributed by atoms with Crippen LogP contribution in [0.25, 0.3) is 98.1 Å². The quantitative estimate of drug-likeness (QED) is 0.164. The second kappa shape index (κ2) is 12.9. The highest BCUT2D eigenvalue weighted by atomic mass is 16.3. The monoisotopic (exact) mass is 737 g/mol. The highest BCUT2D eigenvalue weighted by Crippen LogP contribution is 2.45. The second-order valence-electron chi connectivity index (χ2n) is 15.3. The Kier molecular flexibility index (Phi) is 7.26. The fourth-order valence-electron chi connectivity index (χ4n) is 9.24. The molecule has 58 heavy (non-hydrogen) atoms. The first-order chi connectivity index (χ1) is 28.7. The van der Waals surface area contributed by atoms with Gasteiger partial charge in [-0.15, -0.1) is 0 Å². The molecule has 1 aromatic heterocycles. The smallest absolute Gasteiger partial charge is 0.143 e. The Morgan fingerprint density at radius 1 is 0.293 bits per heavy atom. The number of anilines is 3. The van der Waals surface area contributed by atoms with Crippen molar-refractivity contribution in [3.05, 3.63) is 212 Å². The fourth-order valence-corrected chi connectivity index (χ4v) is 9.24. The van der Waals surface area contributed by atoms with Crippen LogP contribution >= 0.6 is 0 Å². The summed E-state index contributed by atoms with van der Waals surface area (Å²) < 4.78 is 6.58. The van der Waals surface area contributed by atoms with E-state index < -0.39 is 0 Å².